The minimum atomic E-state index is -3.80. The zero-order chi connectivity index (χ0) is 19.7. The van der Waals surface area contributed by atoms with Crippen molar-refractivity contribution in [3.05, 3.63) is 78.0 Å². The summed E-state index contributed by atoms with van der Waals surface area (Å²) in [5.74, 6) is 0.392. The standard InChI is InChI=1S/C21H18N4O2S/c22-12-14-3-1-6-18(9-14)28(26,27)25-17-5-2-4-15(10-17)21-8-7-16(13-24-21)19-11-20(19)23/h1-10,13,19-20,25H,11,23H2. The molecule has 2 unspecified atom stereocenters. The minimum absolute atomic E-state index is 0.0419. The third kappa shape index (κ3) is 3.74. The molecule has 0 radical (unpaired) electrons. The quantitative estimate of drug-likeness (QED) is 0.695. The summed E-state index contributed by atoms with van der Waals surface area (Å²) in [5.41, 5.74) is 9.28. The Morgan fingerprint density at radius 2 is 1.89 bits per heavy atom. The average molecular weight is 390 g/mol. The maximum atomic E-state index is 12.6. The predicted molar refractivity (Wildman–Crippen MR) is 107 cm³/mol. The van der Waals surface area contributed by atoms with E-state index < -0.39 is 10.0 Å². The number of nitrogens with zero attached hydrogens (tertiary/aromatic N) is 2. The molecule has 2 aromatic carbocycles. The molecular weight excluding hydrogens is 372 g/mol. The normalized spacial score (nSPS) is 18.3. The predicted octanol–water partition coefficient (Wildman–Crippen LogP) is 3.24. The molecule has 0 bridgehead atoms. The Morgan fingerprint density at radius 3 is 2.57 bits per heavy atom. The van der Waals surface area contributed by atoms with E-state index in [4.69, 9.17) is 11.0 Å². The first-order valence-electron chi connectivity index (χ1n) is 8.81. The largest absolute Gasteiger partial charge is 0.327 e. The Bertz CT molecular complexity index is 1170. The molecule has 4 rings (SSSR count). The van der Waals surface area contributed by atoms with Crippen molar-refractivity contribution in [2.24, 2.45) is 5.73 Å². The van der Waals surface area contributed by atoms with Gasteiger partial charge in [0.15, 0.2) is 0 Å². The van der Waals surface area contributed by atoms with Crippen LogP contribution in [-0.2, 0) is 10.0 Å². The molecule has 0 spiro atoms. The van der Waals surface area contributed by atoms with Crippen LogP contribution in [0, 0.1) is 11.3 Å². The summed E-state index contributed by atoms with van der Waals surface area (Å²) in [6.45, 7) is 0. The van der Waals surface area contributed by atoms with Crippen molar-refractivity contribution in [1.82, 2.24) is 4.98 Å². The monoisotopic (exact) mass is 390 g/mol. The smallest absolute Gasteiger partial charge is 0.261 e. The molecular formula is C21H18N4O2S. The Hall–Kier alpha value is -3.21. The first kappa shape index (κ1) is 18.2. The molecule has 0 saturated heterocycles. The number of benzene rings is 2. The average Bonchev–Trinajstić information content (AvgIpc) is 3.44. The van der Waals surface area contributed by atoms with E-state index >= 15 is 0 Å². The van der Waals surface area contributed by atoms with Gasteiger partial charge in [0, 0.05) is 29.4 Å². The van der Waals surface area contributed by atoms with Gasteiger partial charge in [0.2, 0.25) is 0 Å². The van der Waals surface area contributed by atoms with Crippen molar-refractivity contribution in [3.63, 3.8) is 0 Å². The second kappa shape index (κ2) is 7.08. The van der Waals surface area contributed by atoms with Crippen LogP contribution in [0.2, 0.25) is 0 Å². The first-order valence-corrected chi connectivity index (χ1v) is 10.3. The summed E-state index contributed by atoms with van der Waals surface area (Å²) >= 11 is 0. The number of anilines is 1. The zero-order valence-corrected chi connectivity index (χ0v) is 15.7. The molecule has 2 atom stereocenters. The van der Waals surface area contributed by atoms with Crippen LogP contribution in [0.4, 0.5) is 5.69 Å². The molecule has 28 heavy (non-hydrogen) atoms. The van der Waals surface area contributed by atoms with Crippen molar-refractivity contribution >= 4 is 15.7 Å². The molecule has 7 heteroatoms. The topological polar surface area (TPSA) is 109 Å². The third-order valence-corrected chi connectivity index (χ3v) is 6.12. The lowest BCUT2D eigenvalue weighted by atomic mass is 10.1. The van der Waals surface area contributed by atoms with E-state index in [1.807, 2.05) is 30.5 Å². The molecule has 1 fully saturated rings. The Morgan fingerprint density at radius 1 is 1.11 bits per heavy atom. The molecule has 6 nitrogen and oxygen atoms in total. The number of aromatic nitrogens is 1. The lowest BCUT2D eigenvalue weighted by Crippen LogP contribution is -2.13. The number of hydrogen-bond donors (Lipinski definition) is 2. The van der Waals surface area contributed by atoms with Gasteiger partial charge in [0.25, 0.3) is 10.0 Å². The van der Waals surface area contributed by atoms with E-state index in [9.17, 15) is 8.42 Å². The fourth-order valence-corrected chi connectivity index (χ4v) is 4.18. The molecule has 0 amide bonds. The molecule has 1 heterocycles. The van der Waals surface area contributed by atoms with Gasteiger partial charge in [-0.1, -0.05) is 24.3 Å². The first-order chi connectivity index (χ1) is 13.5. The van der Waals surface area contributed by atoms with Crippen LogP contribution < -0.4 is 10.5 Å². The molecule has 3 aromatic rings. The minimum Gasteiger partial charge on any atom is -0.327 e. The number of pyridine rings is 1. The molecule has 1 aliphatic rings. The van der Waals surface area contributed by atoms with Crippen LogP contribution in [0.15, 0.2) is 71.8 Å². The highest BCUT2D eigenvalue weighted by molar-refractivity contribution is 7.92. The van der Waals surface area contributed by atoms with E-state index in [2.05, 4.69) is 9.71 Å². The summed E-state index contributed by atoms with van der Waals surface area (Å²) in [6, 6.07) is 19.1. The van der Waals surface area contributed by atoms with E-state index in [-0.39, 0.29) is 16.5 Å². The van der Waals surface area contributed by atoms with Crippen molar-refractivity contribution in [3.8, 4) is 17.3 Å². The number of sulfonamides is 1. The van der Waals surface area contributed by atoms with Crippen LogP contribution in [0.1, 0.15) is 23.5 Å². The van der Waals surface area contributed by atoms with Gasteiger partial charge in [-0.2, -0.15) is 5.26 Å². The highest BCUT2D eigenvalue weighted by Gasteiger charge is 2.34. The van der Waals surface area contributed by atoms with Crippen LogP contribution >= 0.6 is 0 Å². The van der Waals surface area contributed by atoms with Crippen molar-refractivity contribution in [1.29, 1.82) is 5.26 Å². The Labute approximate surface area is 163 Å². The summed E-state index contributed by atoms with van der Waals surface area (Å²) in [4.78, 5) is 4.54. The van der Waals surface area contributed by atoms with Crippen LogP contribution in [0.5, 0.6) is 0 Å². The summed E-state index contributed by atoms with van der Waals surface area (Å²) < 4.78 is 27.8. The SMILES string of the molecule is N#Cc1cccc(S(=O)(=O)Nc2cccc(-c3ccc(C4CC4N)cn3)c2)c1. The number of nitrogens with two attached hydrogens (primary N) is 1. The second-order valence-corrected chi connectivity index (χ2v) is 8.49. The summed E-state index contributed by atoms with van der Waals surface area (Å²) in [6.07, 6.45) is 2.82. The van der Waals surface area contributed by atoms with Gasteiger partial charge in [-0.25, -0.2) is 8.42 Å². The van der Waals surface area contributed by atoms with Gasteiger partial charge in [0.1, 0.15) is 0 Å². The number of hydrogen-bond acceptors (Lipinski definition) is 5. The number of nitrogens with one attached hydrogen (secondary N) is 1. The van der Waals surface area contributed by atoms with Gasteiger partial charge in [-0.3, -0.25) is 9.71 Å². The lowest BCUT2D eigenvalue weighted by Gasteiger charge is -2.10. The fraction of sp³-hybridized carbons (Fsp3) is 0.143. The summed E-state index contributed by atoms with van der Waals surface area (Å²) in [5, 5.41) is 8.97. The molecule has 3 N–H and O–H groups in total. The van der Waals surface area contributed by atoms with Gasteiger partial charge in [0.05, 0.1) is 22.2 Å². The van der Waals surface area contributed by atoms with E-state index in [0.29, 0.717) is 11.6 Å². The molecule has 1 aliphatic carbocycles. The molecule has 1 saturated carbocycles. The molecule has 0 aliphatic heterocycles. The van der Waals surface area contributed by atoms with Crippen molar-refractivity contribution < 1.29 is 8.42 Å². The lowest BCUT2D eigenvalue weighted by molar-refractivity contribution is 0.601. The van der Waals surface area contributed by atoms with Crippen molar-refractivity contribution in [2.75, 3.05) is 4.72 Å². The third-order valence-electron chi connectivity index (χ3n) is 4.74. The van der Waals surface area contributed by atoms with Gasteiger partial charge in [-0.05, 0) is 48.4 Å². The van der Waals surface area contributed by atoms with E-state index in [1.165, 1.54) is 12.1 Å². The maximum Gasteiger partial charge on any atom is 0.261 e. The Kier molecular flexibility index (Phi) is 4.59. The highest BCUT2D eigenvalue weighted by atomic mass is 32.2. The van der Waals surface area contributed by atoms with Crippen molar-refractivity contribution in [2.45, 2.75) is 23.3 Å². The second-order valence-electron chi connectivity index (χ2n) is 6.81. The van der Waals surface area contributed by atoms with Crippen LogP contribution in [0.25, 0.3) is 11.3 Å². The van der Waals surface area contributed by atoms with Gasteiger partial charge < -0.3 is 5.73 Å². The van der Waals surface area contributed by atoms with Gasteiger partial charge in [-0.15, -0.1) is 0 Å². The van der Waals surface area contributed by atoms with Crippen LogP contribution in [-0.4, -0.2) is 19.4 Å². The molecule has 140 valence electrons. The van der Waals surface area contributed by atoms with Gasteiger partial charge >= 0.3 is 0 Å². The summed E-state index contributed by atoms with van der Waals surface area (Å²) in [7, 11) is -3.80. The number of rotatable bonds is 5. The fourth-order valence-electron chi connectivity index (χ4n) is 3.08. The van der Waals surface area contributed by atoms with E-state index in [0.717, 1.165) is 23.2 Å². The maximum absolute atomic E-state index is 12.6. The number of nitriles is 1. The molecule has 1 aromatic heterocycles. The Balaban J connectivity index is 1.57. The highest BCUT2D eigenvalue weighted by Crippen LogP contribution is 2.39. The zero-order valence-electron chi connectivity index (χ0n) is 14.9. The van der Waals surface area contributed by atoms with Crippen LogP contribution in [0.3, 0.4) is 0 Å². The van der Waals surface area contributed by atoms with E-state index in [1.54, 1.807) is 30.3 Å².